The molecule has 0 atom stereocenters. The fraction of sp³-hybridized carbons (Fsp3) is 0.333. The van der Waals surface area contributed by atoms with Crippen LogP contribution in [-0.2, 0) is 22.6 Å². The average Bonchev–Trinajstić information content (AvgIpc) is 3.27. The number of carbonyl (C=O) groups excluding carboxylic acids is 2. The van der Waals surface area contributed by atoms with Gasteiger partial charge in [-0.3, -0.25) is 9.59 Å². The SMILES string of the molecule is Cc1ccsc1CN(C(=O)C1CCN(C(=O)CCc2ccccc2)CC1)c1ccc(F)c(Cl)c1. The first-order valence-corrected chi connectivity index (χ1v) is 12.8. The highest BCUT2D eigenvalue weighted by Crippen LogP contribution is 2.30. The van der Waals surface area contributed by atoms with E-state index in [0.717, 1.165) is 22.4 Å². The molecular weight excluding hydrogens is 471 g/mol. The van der Waals surface area contributed by atoms with Crippen molar-refractivity contribution in [3.05, 3.63) is 86.8 Å². The number of likely N-dealkylation sites (tertiary alicyclic amines) is 1. The molecule has 1 saturated heterocycles. The molecule has 1 aromatic heterocycles. The Labute approximate surface area is 209 Å². The number of thiophene rings is 1. The molecule has 2 amide bonds. The fourth-order valence-electron chi connectivity index (χ4n) is 4.31. The number of aryl methyl sites for hydroxylation is 2. The molecule has 4 nitrogen and oxygen atoms in total. The van der Waals surface area contributed by atoms with Crippen molar-refractivity contribution in [1.82, 2.24) is 4.90 Å². The van der Waals surface area contributed by atoms with Crippen LogP contribution in [0.3, 0.4) is 0 Å². The molecular formula is C27H28ClFN2O2S. The van der Waals surface area contributed by atoms with E-state index in [0.29, 0.717) is 44.6 Å². The second kappa shape index (κ2) is 11.2. The number of anilines is 1. The van der Waals surface area contributed by atoms with E-state index in [-0.39, 0.29) is 22.8 Å². The number of carbonyl (C=O) groups is 2. The van der Waals surface area contributed by atoms with Crippen molar-refractivity contribution in [2.75, 3.05) is 18.0 Å². The molecule has 1 aliphatic heterocycles. The molecule has 0 aliphatic carbocycles. The Kier molecular flexibility index (Phi) is 8.01. The lowest BCUT2D eigenvalue weighted by molar-refractivity contribution is -0.135. The normalized spacial score (nSPS) is 14.3. The van der Waals surface area contributed by atoms with Crippen molar-refractivity contribution in [2.24, 2.45) is 5.92 Å². The Morgan fingerprint density at radius 1 is 1.12 bits per heavy atom. The first-order chi connectivity index (χ1) is 16.4. The number of amides is 2. The lowest BCUT2D eigenvalue weighted by Gasteiger charge is -2.34. The van der Waals surface area contributed by atoms with Gasteiger partial charge in [0.15, 0.2) is 0 Å². The number of hydrogen-bond donors (Lipinski definition) is 0. The summed E-state index contributed by atoms with van der Waals surface area (Å²) in [7, 11) is 0. The highest BCUT2D eigenvalue weighted by Gasteiger charge is 2.31. The van der Waals surface area contributed by atoms with Crippen molar-refractivity contribution in [3.63, 3.8) is 0 Å². The molecule has 0 unspecified atom stereocenters. The van der Waals surface area contributed by atoms with Crippen molar-refractivity contribution in [2.45, 2.75) is 39.2 Å². The first-order valence-electron chi connectivity index (χ1n) is 11.5. The summed E-state index contributed by atoms with van der Waals surface area (Å²) in [6.45, 7) is 3.58. The molecule has 4 rings (SSSR count). The van der Waals surface area contributed by atoms with Gasteiger partial charge in [0, 0.05) is 36.0 Å². The molecule has 34 heavy (non-hydrogen) atoms. The summed E-state index contributed by atoms with van der Waals surface area (Å²) >= 11 is 7.63. The second-order valence-electron chi connectivity index (χ2n) is 8.69. The van der Waals surface area contributed by atoms with Gasteiger partial charge in [-0.1, -0.05) is 41.9 Å². The molecule has 1 fully saturated rings. The van der Waals surface area contributed by atoms with Gasteiger partial charge in [-0.25, -0.2) is 4.39 Å². The van der Waals surface area contributed by atoms with Gasteiger partial charge in [0.1, 0.15) is 5.82 Å². The molecule has 0 spiro atoms. The van der Waals surface area contributed by atoms with E-state index in [1.165, 1.54) is 12.1 Å². The number of halogens is 2. The lowest BCUT2D eigenvalue weighted by Crippen LogP contribution is -2.44. The molecule has 3 aromatic rings. The third-order valence-electron chi connectivity index (χ3n) is 6.42. The minimum Gasteiger partial charge on any atom is -0.343 e. The molecule has 7 heteroatoms. The summed E-state index contributed by atoms with van der Waals surface area (Å²) in [6.07, 6.45) is 2.42. The Bertz CT molecular complexity index is 1140. The Morgan fingerprint density at radius 3 is 2.50 bits per heavy atom. The maximum Gasteiger partial charge on any atom is 0.230 e. The van der Waals surface area contributed by atoms with Crippen LogP contribution in [-0.4, -0.2) is 29.8 Å². The van der Waals surface area contributed by atoms with E-state index in [4.69, 9.17) is 11.6 Å². The highest BCUT2D eigenvalue weighted by molar-refractivity contribution is 7.10. The van der Waals surface area contributed by atoms with Gasteiger partial charge in [-0.05, 0) is 67.0 Å². The number of piperidine rings is 1. The van der Waals surface area contributed by atoms with Crippen LogP contribution in [0.2, 0.25) is 5.02 Å². The molecule has 0 saturated carbocycles. The summed E-state index contributed by atoms with van der Waals surface area (Å²) in [4.78, 5) is 31.0. The van der Waals surface area contributed by atoms with Crippen LogP contribution in [0.15, 0.2) is 60.0 Å². The van der Waals surface area contributed by atoms with Gasteiger partial charge >= 0.3 is 0 Å². The number of hydrogen-bond acceptors (Lipinski definition) is 3. The zero-order valence-electron chi connectivity index (χ0n) is 19.2. The minimum absolute atomic E-state index is 0.00275. The van der Waals surface area contributed by atoms with Gasteiger partial charge in [-0.15, -0.1) is 11.3 Å². The van der Waals surface area contributed by atoms with Crippen LogP contribution in [0.1, 0.15) is 35.3 Å². The molecule has 0 bridgehead atoms. The third-order valence-corrected chi connectivity index (χ3v) is 7.72. The van der Waals surface area contributed by atoms with Crippen molar-refractivity contribution < 1.29 is 14.0 Å². The minimum atomic E-state index is -0.507. The smallest absolute Gasteiger partial charge is 0.230 e. The predicted molar refractivity (Wildman–Crippen MR) is 136 cm³/mol. The van der Waals surface area contributed by atoms with Crippen molar-refractivity contribution in [1.29, 1.82) is 0 Å². The van der Waals surface area contributed by atoms with Crippen LogP contribution in [0.4, 0.5) is 10.1 Å². The largest absolute Gasteiger partial charge is 0.343 e. The zero-order chi connectivity index (χ0) is 24.1. The van der Waals surface area contributed by atoms with Crippen LogP contribution in [0.25, 0.3) is 0 Å². The highest BCUT2D eigenvalue weighted by atomic mass is 35.5. The monoisotopic (exact) mass is 498 g/mol. The topological polar surface area (TPSA) is 40.6 Å². The van der Waals surface area contributed by atoms with Gasteiger partial charge in [-0.2, -0.15) is 0 Å². The first kappa shape index (κ1) is 24.4. The Balaban J connectivity index is 1.41. The summed E-state index contributed by atoms with van der Waals surface area (Å²) in [5, 5.41) is 2.00. The van der Waals surface area contributed by atoms with Crippen LogP contribution >= 0.6 is 22.9 Å². The van der Waals surface area contributed by atoms with Crippen LogP contribution in [0.5, 0.6) is 0 Å². The van der Waals surface area contributed by atoms with Crippen LogP contribution < -0.4 is 4.90 Å². The maximum absolute atomic E-state index is 13.8. The fourth-order valence-corrected chi connectivity index (χ4v) is 5.38. The maximum atomic E-state index is 13.8. The summed E-state index contributed by atoms with van der Waals surface area (Å²) in [6, 6.07) is 16.4. The van der Waals surface area contributed by atoms with E-state index in [1.807, 2.05) is 53.6 Å². The van der Waals surface area contributed by atoms with Crippen molar-refractivity contribution >= 4 is 40.4 Å². The van der Waals surface area contributed by atoms with Gasteiger partial charge < -0.3 is 9.80 Å². The Hall–Kier alpha value is -2.70. The molecule has 2 aromatic carbocycles. The van der Waals surface area contributed by atoms with Gasteiger partial charge in [0.25, 0.3) is 0 Å². The van der Waals surface area contributed by atoms with Gasteiger partial charge in [0.05, 0.1) is 11.6 Å². The molecule has 0 N–H and O–H groups in total. The summed E-state index contributed by atoms with van der Waals surface area (Å²) in [5.41, 5.74) is 2.86. The van der Waals surface area contributed by atoms with Gasteiger partial charge in [0.2, 0.25) is 11.8 Å². The molecule has 0 radical (unpaired) electrons. The van der Waals surface area contributed by atoms with E-state index in [1.54, 1.807) is 22.3 Å². The number of rotatable bonds is 7. The Morgan fingerprint density at radius 2 is 1.85 bits per heavy atom. The van der Waals surface area contributed by atoms with E-state index in [2.05, 4.69) is 0 Å². The molecule has 1 aliphatic rings. The molecule has 178 valence electrons. The molecule has 2 heterocycles. The van der Waals surface area contributed by atoms with Crippen LogP contribution in [0, 0.1) is 18.7 Å². The summed E-state index contributed by atoms with van der Waals surface area (Å²) < 4.78 is 13.8. The van der Waals surface area contributed by atoms with E-state index < -0.39 is 5.82 Å². The van der Waals surface area contributed by atoms with Crippen molar-refractivity contribution in [3.8, 4) is 0 Å². The number of benzene rings is 2. The third kappa shape index (κ3) is 5.86. The average molecular weight is 499 g/mol. The second-order valence-corrected chi connectivity index (χ2v) is 10.1. The zero-order valence-corrected chi connectivity index (χ0v) is 20.7. The standard InChI is InChI=1S/C27H28ClFN2O2S/c1-19-13-16-34-25(19)18-31(22-8-9-24(29)23(28)17-22)27(33)21-11-14-30(15-12-21)26(32)10-7-20-5-3-2-4-6-20/h2-6,8-9,13,16-17,21H,7,10-12,14-15,18H2,1H3. The van der Waals surface area contributed by atoms with E-state index >= 15 is 0 Å². The predicted octanol–water partition coefficient (Wildman–Crippen LogP) is 6.25. The lowest BCUT2D eigenvalue weighted by atomic mass is 9.94. The quantitative estimate of drug-likeness (QED) is 0.386. The summed E-state index contributed by atoms with van der Waals surface area (Å²) in [5.74, 6) is -0.576. The number of nitrogens with zero attached hydrogens (tertiary/aromatic N) is 2. The van der Waals surface area contributed by atoms with E-state index in [9.17, 15) is 14.0 Å².